The van der Waals surface area contributed by atoms with Crippen molar-refractivity contribution in [3.8, 4) is 0 Å². The van der Waals surface area contributed by atoms with Crippen molar-refractivity contribution in [1.29, 1.82) is 0 Å². The Kier molecular flexibility index (Phi) is 5.03. The Labute approximate surface area is 93.2 Å². The van der Waals surface area contributed by atoms with Crippen molar-refractivity contribution < 1.29 is 9.84 Å². The number of aliphatic hydroxyl groups is 1. The maximum atomic E-state index is 10.2. The van der Waals surface area contributed by atoms with Crippen LogP contribution in [0.4, 0.5) is 0 Å². The van der Waals surface area contributed by atoms with Gasteiger partial charge in [-0.15, -0.1) is 0 Å². The first-order valence-corrected chi connectivity index (χ1v) is 6.02. The lowest BCUT2D eigenvalue weighted by atomic mass is 10.00. The molecule has 3 heteroatoms. The van der Waals surface area contributed by atoms with Crippen LogP contribution in [0.1, 0.15) is 39.5 Å². The Hall–Kier alpha value is -0.120. The van der Waals surface area contributed by atoms with Gasteiger partial charge in [0.1, 0.15) is 0 Å². The van der Waals surface area contributed by atoms with Crippen molar-refractivity contribution in [2.75, 3.05) is 20.3 Å². The highest BCUT2D eigenvalue weighted by atomic mass is 16.5. The summed E-state index contributed by atoms with van der Waals surface area (Å²) in [6.07, 6.45) is 4.21. The van der Waals surface area contributed by atoms with Gasteiger partial charge >= 0.3 is 0 Å². The molecule has 0 bridgehead atoms. The van der Waals surface area contributed by atoms with Gasteiger partial charge in [0.25, 0.3) is 0 Å². The molecule has 1 unspecified atom stereocenters. The van der Waals surface area contributed by atoms with Crippen molar-refractivity contribution in [3.63, 3.8) is 0 Å². The van der Waals surface area contributed by atoms with Crippen LogP contribution in [-0.4, -0.2) is 37.0 Å². The van der Waals surface area contributed by atoms with E-state index in [4.69, 9.17) is 4.74 Å². The van der Waals surface area contributed by atoms with Gasteiger partial charge in [-0.25, -0.2) is 0 Å². The van der Waals surface area contributed by atoms with E-state index >= 15 is 0 Å². The van der Waals surface area contributed by atoms with Gasteiger partial charge in [0.05, 0.1) is 12.2 Å². The number of hydrogen-bond acceptors (Lipinski definition) is 3. The molecule has 1 aliphatic rings. The zero-order valence-electron chi connectivity index (χ0n) is 10.3. The number of rotatable bonds is 6. The molecule has 0 aromatic carbocycles. The van der Waals surface area contributed by atoms with Crippen LogP contribution in [0.15, 0.2) is 0 Å². The smallest absolute Gasteiger partial charge is 0.0771 e. The van der Waals surface area contributed by atoms with Gasteiger partial charge in [0.15, 0.2) is 0 Å². The Morgan fingerprint density at radius 2 is 1.93 bits per heavy atom. The van der Waals surface area contributed by atoms with Gasteiger partial charge in [0, 0.05) is 19.7 Å². The predicted molar refractivity (Wildman–Crippen MR) is 61.9 cm³/mol. The SMILES string of the molecule is COCC(NCC1(O)CCCC1)C(C)C. The molecule has 1 rings (SSSR count). The van der Waals surface area contributed by atoms with Crippen molar-refractivity contribution in [1.82, 2.24) is 5.32 Å². The predicted octanol–water partition coefficient (Wildman–Crippen LogP) is 1.55. The summed E-state index contributed by atoms with van der Waals surface area (Å²) >= 11 is 0. The molecule has 1 fully saturated rings. The maximum absolute atomic E-state index is 10.2. The number of ether oxygens (including phenoxy) is 1. The summed E-state index contributed by atoms with van der Waals surface area (Å²) in [5.74, 6) is 0.537. The first-order chi connectivity index (χ1) is 7.07. The second-order valence-corrected chi connectivity index (χ2v) is 5.12. The fourth-order valence-corrected chi connectivity index (χ4v) is 2.20. The molecular weight excluding hydrogens is 190 g/mol. The van der Waals surface area contributed by atoms with E-state index in [1.165, 1.54) is 0 Å². The number of hydrogen-bond donors (Lipinski definition) is 2. The summed E-state index contributed by atoms with van der Waals surface area (Å²) < 4.78 is 5.17. The van der Waals surface area contributed by atoms with Crippen LogP contribution in [0, 0.1) is 5.92 Å². The molecule has 3 nitrogen and oxygen atoms in total. The van der Waals surface area contributed by atoms with E-state index in [2.05, 4.69) is 19.2 Å². The van der Waals surface area contributed by atoms with Gasteiger partial charge in [-0.1, -0.05) is 26.7 Å². The van der Waals surface area contributed by atoms with E-state index in [9.17, 15) is 5.11 Å². The minimum atomic E-state index is -0.457. The lowest BCUT2D eigenvalue weighted by molar-refractivity contribution is 0.0375. The fraction of sp³-hybridized carbons (Fsp3) is 1.00. The molecule has 15 heavy (non-hydrogen) atoms. The van der Waals surface area contributed by atoms with E-state index in [-0.39, 0.29) is 0 Å². The third-order valence-corrected chi connectivity index (χ3v) is 3.38. The lowest BCUT2D eigenvalue weighted by Gasteiger charge is -2.28. The van der Waals surface area contributed by atoms with Gasteiger partial charge < -0.3 is 15.2 Å². The molecule has 0 aliphatic heterocycles. The van der Waals surface area contributed by atoms with Gasteiger partial charge in [-0.3, -0.25) is 0 Å². The number of methoxy groups -OCH3 is 1. The number of nitrogens with one attached hydrogen (secondary N) is 1. The Morgan fingerprint density at radius 1 is 1.33 bits per heavy atom. The molecule has 0 amide bonds. The highest BCUT2D eigenvalue weighted by molar-refractivity contribution is 4.87. The molecule has 2 N–H and O–H groups in total. The van der Waals surface area contributed by atoms with Crippen LogP contribution in [-0.2, 0) is 4.74 Å². The lowest BCUT2D eigenvalue weighted by Crippen LogP contribution is -2.46. The summed E-state index contributed by atoms with van der Waals surface area (Å²) in [5, 5.41) is 13.6. The molecule has 90 valence electrons. The molecule has 1 aliphatic carbocycles. The second kappa shape index (κ2) is 5.83. The highest BCUT2D eigenvalue weighted by Crippen LogP contribution is 2.28. The van der Waals surface area contributed by atoms with E-state index in [0.29, 0.717) is 25.1 Å². The standard InChI is InChI=1S/C12H25NO2/c1-10(2)11(8-15-3)13-9-12(14)6-4-5-7-12/h10-11,13-14H,4-9H2,1-3H3. The van der Waals surface area contributed by atoms with Crippen molar-refractivity contribution in [2.45, 2.75) is 51.2 Å². The Bertz CT molecular complexity index is 176. The summed E-state index contributed by atoms with van der Waals surface area (Å²) in [6.45, 7) is 5.78. The molecule has 0 radical (unpaired) electrons. The minimum Gasteiger partial charge on any atom is -0.389 e. The molecule has 0 heterocycles. The van der Waals surface area contributed by atoms with E-state index in [0.717, 1.165) is 25.7 Å². The highest BCUT2D eigenvalue weighted by Gasteiger charge is 2.31. The molecule has 0 aromatic rings. The normalized spacial score (nSPS) is 22.2. The second-order valence-electron chi connectivity index (χ2n) is 5.12. The minimum absolute atomic E-state index is 0.347. The first-order valence-electron chi connectivity index (χ1n) is 6.02. The van der Waals surface area contributed by atoms with Crippen LogP contribution in [0.2, 0.25) is 0 Å². The zero-order chi connectivity index (χ0) is 11.3. The van der Waals surface area contributed by atoms with Gasteiger partial charge in [0.2, 0.25) is 0 Å². The summed E-state index contributed by atoms with van der Waals surface area (Å²) in [4.78, 5) is 0. The monoisotopic (exact) mass is 215 g/mol. The van der Waals surface area contributed by atoms with E-state index in [1.807, 2.05) is 0 Å². The molecule has 1 saturated carbocycles. The quantitative estimate of drug-likeness (QED) is 0.706. The topological polar surface area (TPSA) is 41.5 Å². The van der Waals surface area contributed by atoms with Crippen LogP contribution >= 0.6 is 0 Å². The maximum Gasteiger partial charge on any atom is 0.0771 e. The Morgan fingerprint density at radius 3 is 2.40 bits per heavy atom. The van der Waals surface area contributed by atoms with Crippen LogP contribution in [0.3, 0.4) is 0 Å². The van der Waals surface area contributed by atoms with Crippen LogP contribution < -0.4 is 5.32 Å². The molecule has 1 atom stereocenters. The molecule has 0 saturated heterocycles. The van der Waals surface area contributed by atoms with Crippen LogP contribution in [0.25, 0.3) is 0 Å². The van der Waals surface area contributed by atoms with Crippen molar-refractivity contribution in [3.05, 3.63) is 0 Å². The van der Waals surface area contributed by atoms with Gasteiger partial charge in [-0.2, -0.15) is 0 Å². The van der Waals surface area contributed by atoms with E-state index in [1.54, 1.807) is 7.11 Å². The molecular formula is C12H25NO2. The summed E-state index contributed by atoms with van der Waals surface area (Å²) in [5.41, 5.74) is -0.457. The van der Waals surface area contributed by atoms with Crippen LogP contribution in [0.5, 0.6) is 0 Å². The third-order valence-electron chi connectivity index (χ3n) is 3.38. The van der Waals surface area contributed by atoms with Gasteiger partial charge in [-0.05, 0) is 18.8 Å². The average molecular weight is 215 g/mol. The van der Waals surface area contributed by atoms with E-state index < -0.39 is 5.60 Å². The average Bonchev–Trinajstić information content (AvgIpc) is 2.60. The largest absolute Gasteiger partial charge is 0.389 e. The summed E-state index contributed by atoms with van der Waals surface area (Å²) in [7, 11) is 1.72. The first kappa shape index (κ1) is 12.9. The molecule has 0 spiro atoms. The molecule has 0 aromatic heterocycles. The zero-order valence-corrected chi connectivity index (χ0v) is 10.3. The van der Waals surface area contributed by atoms with Crippen molar-refractivity contribution in [2.24, 2.45) is 5.92 Å². The Balaban J connectivity index is 2.32. The summed E-state index contributed by atoms with van der Waals surface area (Å²) in [6, 6.07) is 0.347. The third kappa shape index (κ3) is 4.09. The van der Waals surface area contributed by atoms with Crippen molar-refractivity contribution >= 4 is 0 Å². The fourth-order valence-electron chi connectivity index (χ4n) is 2.20.